The number of allylic oxidation sites excluding steroid dienone is 2. The van der Waals surface area contributed by atoms with Crippen molar-refractivity contribution in [3.63, 3.8) is 0 Å². The van der Waals surface area contributed by atoms with Crippen LogP contribution in [0.4, 0.5) is 0 Å². The number of likely N-dealkylation sites (N-methyl/N-ethyl adjacent to an activating group) is 1. The van der Waals surface area contributed by atoms with Gasteiger partial charge < -0.3 is 10.0 Å². The summed E-state index contributed by atoms with van der Waals surface area (Å²) in [5, 5.41) is 9.06. The Bertz CT molecular complexity index is 206. The van der Waals surface area contributed by atoms with Crippen molar-refractivity contribution in [2.75, 3.05) is 20.7 Å². The Labute approximate surface area is 74.2 Å². The molecule has 1 aliphatic rings. The van der Waals surface area contributed by atoms with Gasteiger partial charge in [-0.1, -0.05) is 18.2 Å². The van der Waals surface area contributed by atoms with Crippen molar-refractivity contribution >= 4 is 0 Å². The SMILES string of the molecule is C[C@@H](C1=CC=CC1CO)N(C)C. The molecule has 0 fully saturated rings. The highest BCUT2D eigenvalue weighted by molar-refractivity contribution is 5.30. The van der Waals surface area contributed by atoms with Gasteiger partial charge >= 0.3 is 0 Å². The lowest BCUT2D eigenvalue weighted by Crippen LogP contribution is -2.29. The van der Waals surface area contributed by atoms with Crippen LogP contribution in [0.3, 0.4) is 0 Å². The summed E-state index contributed by atoms with van der Waals surface area (Å²) < 4.78 is 0. The van der Waals surface area contributed by atoms with Gasteiger partial charge in [0.1, 0.15) is 0 Å². The summed E-state index contributed by atoms with van der Waals surface area (Å²) in [4.78, 5) is 2.15. The maximum atomic E-state index is 9.06. The molecule has 0 saturated carbocycles. The maximum Gasteiger partial charge on any atom is 0.0532 e. The molecule has 1 N–H and O–H groups in total. The topological polar surface area (TPSA) is 23.5 Å². The first kappa shape index (κ1) is 9.49. The van der Waals surface area contributed by atoms with Gasteiger partial charge in [-0.25, -0.2) is 0 Å². The van der Waals surface area contributed by atoms with E-state index < -0.39 is 0 Å². The molecule has 1 rings (SSSR count). The molecule has 0 aliphatic heterocycles. The summed E-state index contributed by atoms with van der Waals surface area (Å²) in [5.41, 5.74) is 1.31. The van der Waals surface area contributed by atoms with Gasteiger partial charge in [-0.05, 0) is 26.6 Å². The number of nitrogens with zero attached hydrogens (tertiary/aromatic N) is 1. The first-order valence-electron chi connectivity index (χ1n) is 4.32. The van der Waals surface area contributed by atoms with Crippen molar-refractivity contribution in [3.8, 4) is 0 Å². The van der Waals surface area contributed by atoms with Crippen molar-refractivity contribution in [1.29, 1.82) is 0 Å². The molecule has 0 saturated heterocycles. The van der Waals surface area contributed by atoms with E-state index in [1.54, 1.807) is 0 Å². The summed E-state index contributed by atoms with van der Waals surface area (Å²) in [7, 11) is 4.11. The fourth-order valence-corrected chi connectivity index (χ4v) is 1.45. The molecule has 12 heavy (non-hydrogen) atoms. The van der Waals surface area contributed by atoms with E-state index in [1.165, 1.54) is 5.57 Å². The van der Waals surface area contributed by atoms with Crippen LogP contribution in [0.15, 0.2) is 23.8 Å². The number of aliphatic hydroxyl groups is 1. The van der Waals surface area contributed by atoms with Gasteiger partial charge in [0.05, 0.1) is 6.61 Å². The van der Waals surface area contributed by atoms with E-state index in [-0.39, 0.29) is 12.5 Å². The molecule has 0 aromatic carbocycles. The minimum atomic E-state index is 0.223. The second-order valence-electron chi connectivity index (χ2n) is 3.48. The van der Waals surface area contributed by atoms with Crippen LogP contribution in [-0.4, -0.2) is 36.8 Å². The van der Waals surface area contributed by atoms with Crippen LogP contribution in [0.2, 0.25) is 0 Å². The summed E-state index contributed by atoms with van der Waals surface area (Å²) in [6.07, 6.45) is 6.18. The summed E-state index contributed by atoms with van der Waals surface area (Å²) in [6.45, 7) is 2.38. The molecule has 1 aliphatic carbocycles. The molecular weight excluding hydrogens is 150 g/mol. The van der Waals surface area contributed by atoms with Crippen LogP contribution in [0.1, 0.15) is 6.92 Å². The minimum absolute atomic E-state index is 0.223. The Balaban J connectivity index is 2.64. The minimum Gasteiger partial charge on any atom is -0.395 e. The molecule has 1 unspecified atom stereocenters. The number of aliphatic hydroxyl groups excluding tert-OH is 1. The van der Waals surface area contributed by atoms with Crippen molar-refractivity contribution in [3.05, 3.63) is 23.8 Å². The standard InChI is InChI=1S/C10H17NO/c1-8(11(2)3)10-6-4-5-9(10)7-12/h4-6,8-9,12H,7H2,1-3H3/t8-,9?/m0/s1. The Morgan fingerprint density at radius 2 is 2.25 bits per heavy atom. The van der Waals surface area contributed by atoms with Crippen LogP contribution in [0, 0.1) is 5.92 Å². The molecular formula is C10H17NO. The number of hydrogen-bond acceptors (Lipinski definition) is 2. The lowest BCUT2D eigenvalue weighted by molar-refractivity contribution is 0.251. The second-order valence-corrected chi connectivity index (χ2v) is 3.48. The lowest BCUT2D eigenvalue weighted by atomic mass is 9.97. The van der Waals surface area contributed by atoms with Gasteiger partial charge in [-0.2, -0.15) is 0 Å². The molecule has 0 heterocycles. The van der Waals surface area contributed by atoms with Gasteiger partial charge in [0.15, 0.2) is 0 Å². The number of rotatable bonds is 3. The van der Waals surface area contributed by atoms with Gasteiger partial charge in [0, 0.05) is 12.0 Å². The van der Waals surface area contributed by atoms with Crippen molar-refractivity contribution in [2.24, 2.45) is 5.92 Å². The molecule has 0 amide bonds. The van der Waals surface area contributed by atoms with Gasteiger partial charge in [-0.3, -0.25) is 0 Å². The quantitative estimate of drug-likeness (QED) is 0.679. The first-order chi connectivity index (χ1) is 5.66. The van der Waals surface area contributed by atoms with E-state index in [4.69, 9.17) is 5.11 Å². The average Bonchev–Trinajstić information content (AvgIpc) is 2.49. The van der Waals surface area contributed by atoms with Gasteiger partial charge in [0.2, 0.25) is 0 Å². The third kappa shape index (κ3) is 1.76. The van der Waals surface area contributed by atoms with Crippen molar-refractivity contribution in [1.82, 2.24) is 4.90 Å². The van der Waals surface area contributed by atoms with Crippen LogP contribution < -0.4 is 0 Å². The van der Waals surface area contributed by atoms with Crippen LogP contribution in [0.5, 0.6) is 0 Å². The van der Waals surface area contributed by atoms with Crippen LogP contribution in [-0.2, 0) is 0 Å². The molecule has 2 atom stereocenters. The fraction of sp³-hybridized carbons (Fsp3) is 0.600. The fourth-order valence-electron chi connectivity index (χ4n) is 1.45. The van der Waals surface area contributed by atoms with Gasteiger partial charge in [-0.15, -0.1) is 0 Å². The van der Waals surface area contributed by atoms with E-state index >= 15 is 0 Å². The Morgan fingerprint density at radius 3 is 2.75 bits per heavy atom. The smallest absolute Gasteiger partial charge is 0.0532 e. The highest BCUT2D eigenvalue weighted by atomic mass is 16.3. The first-order valence-corrected chi connectivity index (χ1v) is 4.32. The van der Waals surface area contributed by atoms with Gasteiger partial charge in [0.25, 0.3) is 0 Å². The second kappa shape index (κ2) is 3.87. The zero-order valence-corrected chi connectivity index (χ0v) is 7.99. The zero-order valence-electron chi connectivity index (χ0n) is 7.99. The molecule has 0 aromatic heterocycles. The van der Waals surface area contributed by atoms with E-state index in [9.17, 15) is 0 Å². The van der Waals surface area contributed by atoms with Crippen LogP contribution in [0.25, 0.3) is 0 Å². The predicted molar refractivity (Wildman–Crippen MR) is 50.9 cm³/mol. The van der Waals surface area contributed by atoms with Crippen LogP contribution >= 0.6 is 0 Å². The van der Waals surface area contributed by atoms with E-state index in [1.807, 2.05) is 6.08 Å². The molecule has 0 aromatic rings. The molecule has 2 heteroatoms. The van der Waals surface area contributed by atoms with E-state index in [0.29, 0.717) is 6.04 Å². The highest BCUT2D eigenvalue weighted by Gasteiger charge is 2.20. The number of hydrogen-bond donors (Lipinski definition) is 1. The maximum absolute atomic E-state index is 9.06. The molecule has 0 spiro atoms. The highest BCUT2D eigenvalue weighted by Crippen LogP contribution is 2.23. The third-order valence-corrected chi connectivity index (χ3v) is 2.51. The summed E-state index contributed by atoms with van der Waals surface area (Å²) >= 11 is 0. The molecule has 0 radical (unpaired) electrons. The Kier molecular flexibility index (Phi) is 3.06. The van der Waals surface area contributed by atoms with E-state index in [2.05, 4.69) is 38.1 Å². The van der Waals surface area contributed by atoms with Crippen molar-refractivity contribution < 1.29 is 5.11 Å². The Hall–Kier alpha value is -0.600. The Morgan fingerprint density at radius 1 is 1.58 bits per heavy atom. The van der Waals surface area contributed by atoms with Crippen molar-refractivity contribution in [2.45, 2.75) is 13.0 Å². The summed E-state index contributed by atoms with van der Waals surface area (Å²) in [5.74, 6) is 0.238. The largest absolute Gasteiger partial charge is 0.395 e. The normalized spacial score (nSPS) is 24.8. The predicted octanol–water partition coefficient (Wildman–Crippen LogP) is 1.04. The average molecular weight is 167 g/mol. The lowest BCUT2D eigenvalue weighted by Gasteiger charge is -2.24. The zero-order chi connectivity index (χ0) is 9.14. The molecule has 68 valence electrons. The monoisotopic (exact) mass is 167 g/mol. The molecule has 0 bridgehead atoms. The summed E-state index contributed by atoms with van der Waals surface area (Å²) in [6, 6.07) is 0.414. The third-order valence-electron chi connectivity index (χ3n) is 2.51. The van der Waals surface area contributed by atoms with E-state index in [0.717, 1.165) is 0 Å². The molecule has 2 nitrogen and oxygen atoms in total.